The molecular formula is C31H37N13O6. The summed E-state index contributed by atoms with van der Waals surface area (Å²) in [5.74, 6) is -2.71. The summed E-state index contributed by atoms with van der Waals surface area (Å²) in [5, 5.41) is 34.9. The van der Waals surface area contributed by atoms with Crippen LogP contribution in [0, 0.1) is 5.92 Å². The van der Waals surface area contributed by atoms with Crippen molar-refractivity contribution >= 4 is 35.4 Å². The van der Waals surface area contributed by atoms with Crippen LogP contribution in [-0.2, 0) is 54.7 Å². The SMILES string of the molecule is CC[C@H](C)[C@H](NC(=O)Cc1nn[nH]n1)C(=O)N[C@@H](CCC(=O)OCc1ccccc1)C(=O)N1c2ncccc2C[C@H]1C(=O)NCc1nn[nH]n1. The fraction of sp³-hybridized carbons (Fsp3) is 0.419. The minimum Gasteiger partial charge on any atom is -0.461 e. The average Bonchev–Trinajstić information content (AvgIpc) is 3.92. The lowest BCUT2D eigenvalue weighted by molar-refractivity contribution is -0.145. The van der Waals surface area contributed by atoms with Crippen LogP contribution >= 0.6 is 0 Å². The third kappa shape index (κ3) is 9.05. The maximum atomic E-state index is 14.5. The molecule has 0 unspecified atom stereocenters. The predicted molar refractivity (Wildman–Crippen MR) is 172 cm³/mol. The molecule has 4 amide bonds. The van der Waals surface area contributed by atoms with E-state index in [-0.39, 0.29) is 62.2 Å². The number of anilines is 1. The number of nitrogens with zero attached hydrogens (tertiary/aromatic N) is 8. The Hall–Kier alpha value is -6.14. The second kappa shape index (κ2) is 16.8. The highest BCUT2D eigenvalue weighted by Gasteiger charge is 2.43. The van der Waals surface area contributed by atoms with Gasteiger partial charge in [-0.1, -0.05) is 67.1 Å². The van der Waals surface area contributed by atoms with Crippen molar-refractivity contribution in [1.29, 1.82) is 0 Å². The fourth-order valence-corrected chi connectivity index (χ4v) is 5.35. The van der Waals surface area contributed by atoms with Crippen molar-refractivity contribution in [3.8, 4) is 0 Å². The Morgan fingerprint density at radius 1 is 0.980 bits per heavy atom. The highest BCUT2D eigenvalue weighted by molar-refractivity contribution is 6.06. The number of H-pyrrole nitrogens is 2. The van der Waals surface area contributed by atoms with Crippen molar-refractivity contribution in [2.24, 2.45) is 5.92 Å². The summed E-state index contributed by atoms with van der Waals surface area (Å²) in [5.41, 5.74) is 1.42. The molecule has 19 heteroatoms. The Balaban J connectivity index is 1.36. The van der Waals surface area contributed by atoms with E-state index in [9.17, 15) is 24.0 Å². The summed E-state index contributed by atoms with van der Waals surface area (Å²) >= 11 is 0. The van der Waals surface area contributed by atoms with Gasteiger partial charge < -0.3 is 20.7 Å². The lowest BCUT2D eigenvalue weighted by Gasteiger charge is -2.30. The van der Waals surface area contributed by atoms with Crippen molar-refractivity contribution in [2.45, 2.75) is 77.2 Å². The predicted octanol–water partition coefficient (Wildman–Crippen LogP) is -0.536. The molecule has 262 valence electrons. The van der Waals surface area contributed by atoms with Crippen LogP contribution in [-0.4, -0.2) is 94.0 Å². The lowest BCUT2D eigenvalue weighted by atomic mass is 9.97. The number of benzene rings is 1. The number of hydrogen-bond donors (Lipinski definition) is 5. The first-order valence-corrected chi connectivity index (χ1v) is 16.0. The fourth-order valence-electron chi connectivity index (χ4n) is 5.35. The standard InChI is InChI=1S/C31H37N13O6/c1-3-18(2)27(35-25(45)15-23-36-40-41-37-23)30(48)34-21(11-12-26(46)50-17-19-8-5-4-6-9-19)31(49)44-22(14-20-10-7-13-32-28(20)44)29(47)33-16-24-38-42-43-39-24/h4-10,13,18,21-22,27H,3,11-12,14-17H2,1-2H3,(H,33,47)(H,34,48)(H,35,45)(H,36,37,40,41)(H,38,39,42,43)/t18-,21-,22-,27-/m0/s1. The maximum Gasteiger partial charge on any atom is 0.306 e. The molecule has 0 saturated heterocycles. The van der Waals surface area contributed by atoms with Gasteiger partial charge in [0.25, 0.3) is 5.91 Å². The van der Waals surface area contributed by atoms with Gasteiger partial charge in [0.1, 0.15) is 30.6 Å². The quantitative estimate of drug-likeness (QED) is 0.0929. The Bertz CT molecular complexity index is 1750. The number of ether oxygens (including phenoxy) is 1. The third-order valence-electron chi connectivity index (χ3n) is 8.18. The number of nitrogens with one attached hydrogen (secondary N) is 5. The zero-order valence-corrected chi connectivity index (χ0v) is 27.4. The van der Waals surface area contributed by atoms with Gasteiger partial charge in [0.05, 0.1) is 13.0 Å². The first kappa shape index (κ1) is 35.2. The topological polar surface area (TPSA) is 256 Å². The Labute approximate surface area is 285 Å². The molecule has 1 aliphatic rings. The molecule has 3 aromatic heterocycles. The van der Waals surface area contributed by atoms with Crippen LogP contribution in [0.1, 0.15) is 55.9 Å². The summed E-state index contributed by atoms with van der Waals surface area (Å²) in [6.07, 6.45) is 1.51. The van der Waals surface area contributed by atoms with Gasteiger partial charge in [-0.2, -0.15) is 10.4 Å². The molecule has 1 aliphatic heterocycles. The molecule has 0 bridgehead atoms. The number of tetrazole rings is 2. The molecule has 0 fully saturated rings. The van der Waals surface area contributed by atoms with E-state index in [4.69, 9.17) is 4.74 Å². The van der Waals surface area contributed by atoms with Gasteiger partial charge >= 0.3 is 5.97 Å². The van der Waals surface area contributed by atoms with E-state index in [1.807, 2.05) is 37.3 Å². The zero-order valence-electron chi connectivity index (χ0n) is 27.4. The molecule has 50 heavy (non-hydrogen) atoms. The van der Waals surface area contributed by atoms with E-state index >= 15 is 0 Å². The Morgan fingerprint density at radius 2 is 1.72 bits per heavy atom. The number of esters is 1. The molecule has 0 radical (unpaired) electrons. The molecule has 5 N–H and O–H groups in total. The van der Waals surface area contributed by atoms with E-state index in [1.54, 1.807) is 19.1 Å². The van der Waals surface area contributed by atoms with Crippen molar-refractivity contribution in [3.05, 3.63) is 71.4 Å². The highest BCUT2D eigenvalue weighted by Crippen LogP contribution is 2.31. The van der Waals surface area contributed by atoms with Crippen molar-refractivity contribution in [1.82, 2.24) is 62.2 Å². The number of fused-ring (bicyclic) bond motifs is 1. The van der Waals surface area contributed by atoms with Crippen molar-refractivity contribution in [3.63, 3.8) is 0 Å². The van der Waals surface area contributed by atoms with E-state index in [2.05, 4.69) is 62.2 Å². The second-order valence-electron chi connectivity index (χ2n) is 11.6. The normalized spacial score (nSPS) is 15.3. The van der Waals surface area contributed by atoms with Crippen molar-refractivity contribution < 1.29 is 28.7 Å². The van der Waals surface area contributed by atoms with Crippen molar-refractivity contribution in [2.75, 3.05) is 4.90 Å². The van der Waals surface area contributed by atoms with Crippen LogP contribution in [0.15, 0.2) is 48.7 Å². The minimum atomic E-state index is -1.31. The van der Waals surface area contributed by atoms with Gasteiger partial charge in [-0.05, 0) is 29.5 Å². The van der Waals surface area contributed by atoms with E-state index in [0.29, 0.717) is 12.0 Å². The van der Waals surface area contributed by atoms with Gasteiger partial charge in [-0.3, -0.25) is 28.9 Å². The van der Waals surface area contributed by atoms with Crippen LogP contribution in [0.5, 0.6) is 0 Å². The molecule has 5 rings (SSSR count). The van der Waals surface area contributed by atoms with Gasteiger partial charge in [-0.15, -0.1) is 20.4 Å². The second-order valence-corrected chi connectivity index (χ2v) is 11.6. The number of hydrogen-bond acceptors (Lipinski definition) is 13. The first-order valence-electron chi connectivity index (χ1n) is 16.0. The minimum absolute atomic E-state index is 0.0270. The van der Waals surface area contributed by atoms with Gasteiger partial charge in [0.2, 0.25) is 17.7 Å². The van der Waals surface area contributed by atoms with Crippen LogP contribution in [0.2, 0.25) is 0 Å². The van der Waals surface area contributed by atoms with Crippen LogP contribution < -0.4 is 20.9 Å². The van der Waals surface area contributed by atoms with E-state index < -0.39 is 47.7 Å². The lowest BCUT2D eigenvalue weighted by Crippen LogP contribution is -2.58. The molecular weight excluding hydrogens is 650 g/mol. The molecule has 4 aromatic rings. The molecule has 0 spiro atoms. The number of rotatable bonds is 16. The largest absolute Gasteiger partial charge is 0.461 e. The van der Waals surface area contributed by atoms with Crippen LogP contribution in [0.25, 0.3) is 0 Å². The molecule has 0 saturated carbocycles. The molecule has 1 aromatic carbocycles. The summed E-state index contributed by atoms with van der Waals surface area (Å²) < 4.78 is 5.43. The van der Waals surface area contributed by atoms with Gasteiger partial charge in [0, 0.05) is 19.0 Å². The van der Waals surface area contributed by atoms with E-state index in [0.717, 1.165) is 5.56 Å². The summed E-state index contributed by atoms with van der Waals surface area (Å²) in [7, 11) is 0. The smallest absolute Gasteiger partial charge is 0.306 e. The average molecular weight is 688 g/mol. The molecule has 4 atom stereocenters. The number of pyridine rings is 1. The van der Waals surface area contributed by atoms with Crippen LogP contribution in [0.3, 0.4) is 0 Å². The maximum absolute atomic E-state index is 14.5. The molecule has 19 nitrogen and oxygen atoms in total. The first-order chi connectivity index (χ1) is 24.2. The summed E-state index contributed by atoms with van der Waals surface area (Å²) in [4.78, 5) is 73.2. The number of aromatic nitrogens is 9. The molecule has 4 heterocycles. The van der Waals surface area contributed by atoms with E-state index in [1.165, 1.54) is 11.1 Å². The monoisotopic (exact) mass is 687 g/mol. The summed E-state index contributed by atoms with van der Waals surface area (Å²) in [6.45, 7) is 3.61. The third-order valence-corrected chi connectivity index (χ3v) is 8.18. The highest BCUT2D eigenvalue weighted by atomic mass is 16.5. The van der Waals surface area contributed by atoms with Gasteiger partial charge in [-0.25, -0.2) is 4.98 Å². The zero-order chi connectivity index (χ0) is 35.5. The Morgan fingerprint density at radius 3 is 2.42 bits per heavy atom. The number of aromatic amines is 2. The number of amides is 4. The Kier molecular flexibility index (Phi) is 11.8. The number of carbonyl (C=O) groups excluding carboxylic acids is 5. The summed E-state index contributed by atoms with van der Waals surface area (Å²) in [6, 6.07) is 9.13. The van der Waals surface area contributed by atoms with Gasteiger partial charge in [0.15, 0.2) is 11.6 Å². The molecule has 0 aliphatic carbocycles. The number of carbonyl (C=O) groups is 5. The van der Waals surface area contributed by atoms with Crippen LogP contribution in [0.4, 0.5) is 5.82 Å².